The van der Waals surface area contributed by atoms with E-state index in [1.165, 1.54) is 6.07 Å². The molecule has 0 fully saturated rings. The smallest absolute Gasteiger partial charge is 0.255 e. The lowest BCUT2D eigenvalue weighted by Gasteiger charge is -2.10. The predicted octanol–water partition coefficient (Wildman–Crippen LogP) is 3.84. The molecule has 1 amide bonds. The first-order valence-corrected chi connectivity index (χ1v) is 11.5. The van der Waals surface area contributed by atoms with Crippen LogP contribution < -0.4 is 10.5 Å². The van der Waals surface area contributed by atoms with Crippen LogP contribution in [0.1, 0.15) is 28.4 Å². The molecule has 2 aromatic carbocycles. The zero-order valence-corrected chi connectivity index (χ0v) is 17.5. The minimum atomic E-state index is -3.86. The number of nitrogens with two attached hydrogens (primary N) is 1. The molecule has 1 aromatic heterocycles. The zero-order valence-electron chi connectivity index (χ0n) is 15.8. The number of primary sulfonamides is 1. The van der Waals surface area contributed by atoms with E-state index >= 15 is 0 Å². The Hall–Kier alpha value is -2.68. The second kappa shape index (κ2) is 9.21. The Kier molecular flexibility index (Phi) is 6.68. The van der Waals surface area contributed by atoms with Crippen molar-refractivity contribution >= 4 is 33.4 Å². The molecule has 3 N–H and O–H groups in total. The van der Waals surface area contributed by atoms with E-state index in [2.05, 4.69) is 10.3 Å². The third-order valence-corrected chi connectivity index (χ3v) is 6.33. The number of nitrogens with zero attached hydrogens (tertiary/aromatic N) is 1. The summed E-state index contributed by atoms with van der Waals surface area (Å²) in [4.78, 5) is 17.7. The summed E-state index contributed by atoms with van der Waals surface area (Å²) in [5.74, 6) is 0.470. The van der Waals surface area contributed by atoms with Crippen molar-refractivity contribution in [3.63, 3.8) is 0 Å². The number of aryl methyl sites for hydroxylation is 1. The van der Waals surface area contributed by atoms with Gasteiger partial charge in [-0.15, -0.1) is 11.8 Å². The maximum Gasteiger partial charge on any atom is 0.255 e. The minimum absolute atomic E-state index is 0.0277. The molecule has 0 aliphatic carbocycles. The molecule has 0 bridgehead atoms. The molecular weight excluding hydrogens is 406 g/mol. The quantitative estimate of drug-likeness (QED) is 0.558. The highest BCUT2D eigenvalue weighted by Gasteiger charge is 2.15. The topological polar surface area (TPSA) is 102 Å². The average molecular weight is 428 g/mol. The number of sulfonamides is 1. The molecule has 0 aliphatic heterocycles. The van der Waals surface area contributed by atoms with E-state index in [0.29, 0.717) is 23.2 Å². The van der Waals surface area contributed by atoms with Crippen molar-refractivity contribution in [1.82, 2.24) is 4.98 Å². The first-order valence-electron chi connectivity index (χ1n) is 8.95. The van der Waals surface area contributed by atoms with E-state index in [4.69, 9.17) is 5.14 Å². The molecule has 0 saturated carbocycles. The van der Waals surface area contributed by atoms with Gasteiger partial charge in [-0.1, -0.05) is 19.1 Å². The maximum absolute atomic E-state index is 12.5. The average Bonchev–Trinajstić information content (AvgIpc) is 2.72. The van der Waals surface area contributed by atoms with Gasteiger partial charge in [0.2, 0.25) is 10.0 Å². The molecule has 0 unspecified atom stereocenters. The molecule has 0 radical (unpaired) electrons. The van der Waals surface area contributed by atoms with Gasteiger partial charge in [0.1, 0.15) is 0 Å². The highest BCUT2D eigenvalue weighted by atomic mass is 32.2. The summed E-state index contributed by atoms with van der Waals surface area (Å²) in [6.45, 7) is 1.84. The highest BCUT2D eigenvalue weighted by molar-refractivity contribution is 7.98. The Morgan fingerprint density at radius 1 is 1.14 bits per heavy atom. The predicted molar refractivity (Wildman–Crippen MR) is 115 cm³/mol. The number of aromatic nitrogens is 1. The van der Waals surface area contributed by atoms with Crippen molar-refractivity contribution in [2.75, 3.05) is 5.32 Å². The lowest BCUT2D eigenvalue weighted by molar-refractivity contribution is 0.102. The number of hydrogen-bond donors (Lipinski definition) is 2. The van der Waals surface area contributed by atoms with E-state index in [-0.39, 0.29) is 10.8 Å². The molecule has 3 rings (SSSR count). The van der Waals surface area contributed by atoms with Crippen LogP contribution in [-0.4, -0.2) is 19.3 Å². The maximum atomic E-state index is 12.5. The van der Waals surface area contributed by atoms with Crippen molar-refractivity contribution in [2.24, 2.45) is 5.14 Å². The lowest BCUT2D eigenvalue weighted by Crippen LogP contribution is -2.16. The third kappa shape index (κ3) is 5.66. The van der Waals surface area contributed by atoms with Crippen molar-refractivity contribution in [2.45, 2.75) is 28.9 Å². The summed E-state index contributed by atoms with van der Waals surface area (Å²) >= 11 is 1.65. The Bertz CT molecular complexity index is 1100. The van der Waals surface area contributed by atoms with Crippen LogP contribution in [0.5, 0.6) is 0 Å². The van der Waals surface area contributed by atoms with Crippen molar-refractivity contribution in [1.29, 1.82) is 0 Å². The Morgan fingerprint density at radius 3 is 2.52 bits per heavy atom. The number of thioether (sulfide) groups is 1. The van der Waals surface area contributed by atoms with Gasteiger partial charge in [0, 0.05) is 34.3 Å². The van der Waals surface area contributed by atoms with Gasteiger partial charge in [-0.05, 0) is 60.0 Å². The molecule has 0 spiro atoms. The number of carbonyl (C=O) groups excluding carboxylic acids is 1. The fourth-order valence-corrected chi connectivity index (χ4v) is 4.45. The largest absolute Gasteiger partial charge is 0.322 e. The van der Waals surface area contributed by atoms with Gasteiger partial charge >= 0.3 is 0 Å². The van der Waals surface area contributed by atoms with Crippen molar-refractivity contribution in [3.05, 3.63) is 83.7 Å². The van der Waals surface area contributed by atoms with Crippen LogP contribution in [0.3, 0.4) is 0 Å². The number of anilines is 1. The Balaban J connectivity index is 1.68. The number of rotatable bonds is 7. The van der Waals surface area contributed by atoms with Gasteiger partial charge < -0.3 is 5.32 Å². The molecule has 29 heavy (non-hydrogen) atoms. The van der Waals surface area contributed by atoms with Gasteiger partial charge in [0.05, 0.1) is 4.90 Å². The molecule has 0 aliphatic rings. The number of hydrogen-bond acceptors (Lipinski definition) is 5. The Morgan fingerprint density at radius 2 is 1.90 bits per heavy atom. The molecule has 150 valence electrons. The summed E-state index contributed by atoms with van der Waals surface area (Å²) < 4.78 is 23.6. The SMILES string of the molecule is CCc1ccc(NC(=O)c2ccc(SCc3cccnc3)cc2)cc1S(N)(=O)=O. The number of nitrogens with one attached hydrogen (secondary N) is 1. The van der Waals surface area contributed by atoms with Crippen molar-refractivity contribution in [3.8, 4) is 0 Å². The van der Waals surface area contributed by atoms with E-state index in [9.17, 15) is 13.2 Å². The van der Waals surface area contributed by atoms with Crippen LogP contribution in [0.25, 0.3) is 0 Å². The third-order valence-electron chi connectivity index (χ3n) is 4.26. The highest BCUT2D eigenvalue weighted by Crippen LogP contribution is 2.24. The van der Waals surface area contributed by atoms with Crippen LogP contribution >= 0.6 is 11.8 Å². The first-order chi connectivity index (χ1) is 13.9. The molecule has 8 heteroatoms. The summed E-state index contributed by atoms with van der Waals surface area (Å²) in [5, 5.41) is 8.01. The van der Waals surface area contributed by atoms with Crippen LogP contribution in [0.15, 0.2) is 76.8 Å². The molecule has 3 aromatic rings. The molecule has 0 atom stereocenters. The summed E-state index contributed by atoms with van der Waals surface area (Å²) in [7, 11) is -3.86. The number of pyridine rings is 1. The number of amides is 1. The van der Waals surface area contributed by atoms with E-state index in [0.717, 1.165) is 16.2 Å². The van der Waals surface area contributed by atoms with Gasteiger partial charge in [-0.25, -0.2) is 13.6 Å². The summed E-state index contributed by atoms with van der Waals surface area (Å²) in [5.41, 5.74) is 2.60. The number of benzene rings is 2. The second-order valence-electron chi connectivity index (χ2n) is 6.35. The van der Waals surface area contributed by atoms with E-state index in [1.54, 1.807) is 42.2 Å². The van der Waals surface area contributed by atoms with Crippen LogP contribution in [0, 0.1) is 0 Å². The standard InChI is InChI=1S/C21H21N3O3S2/c1-2-16-5-8-18(12-20(16)29(22,26)27)24-21(25)17-6-9-19(10-7-17)28-14-15-4-3-11-23-13-15/h3-13H,2,14H2,1H3,(H,24,25)(H2,22,26,27). The van der Waals surface area contributed by atoms with E-state index in [1.807, 2.05) is 37.4 Å². The molecule has 0 saturated heterocycles. The monoisotopic (exact) mass is 427 g/mol. The lowest BCUT2D eigenvalue weighted by atomic mass is 10.1. The summed E-state index contributed by atoms with van der Waals surface area (Å²) in [6, 6.07) is 15.9. The van der Waals surface area contributed by atoms with Gasteiger partial charge in [-0.2, -0.15) is 0 Å². The first kappa shape index (κ1) is 21.0. The van der Waals surface area contributed by atoms with E-state index < -0.39 is 10.0 Å². The molecular formula is C21H21N3O3S2. The molecule has 1 heterocycles. The normalized spacial score (nSPS) is 11.2. The van der Waals surface area contributed by atoms with Crippen LogP contribution in [0.2, 0.25) is 0 Å². The van der Waals surface area contributed by atoms with Crippen LogP contribution in [-0.2, 0) is 22.2 Å². The van der Waals surface area contributed by atoms with Crippen LogP contribution in [0.4, 0.5) is 5.69 Å². The Labute approximate surface area is 174 Å². The fraction of sp³-hybridized carbons (Fsp3) is 0.143. The van der Waals surface area contributed by atoms with Gasteiger partial charge in [0.15, 0.2) is 0 Å². The minimum Gasteiger partial charge on any atom is -0.322 e. The van der Waals surface area contributed by atoms with Crippen molar-refractivity contribution < 1.29 is 13.2 Å². The molecule has 6 nitrogen and oxygen atoms in total. The summed E-state index contributed by atoms with van der Waals surface area (Å²) in [6.07, 6.45) is 4.09. The second-order valence-corrected chi connectivity index (χ2v) is 8.93. The van der Waals surface area contributed by atoms with Gasteiger partial charge in [-0.3, -0.25) is 9.78 Å². The number of carbonyl (C=O) groups is 1. The fourth-order valence-electron chi connectivity index (χ4n) is 2.75. The van der Waals surface area contributed by atoms with Gasteiger partial charge in [0.25, 0.3) is 5.91 Å². The zero-order chi connectivity index (χ0) is 20.9.